The molecule has 2 aromatic carbocycles. The number of benzene rings is 2. The van der Waals surface area contributed by atoms with E-state index in [1.807, 2.05) is 11.0 Å². The molecule has 0 aromatic heterocycles. The molecule has 24 heavy (non-hydrogen) atoms. The lowest BCUT2D eigenvalue weighted by Crippen LogP contribution is -2.48. The van der Waals surface area contributed by atoms with Crippen LogP contribution in [0.4, 0.5) is 10.1 Å². The molecule has 0 N–H and O–H groups in total. The number of piperazine rings is 1. The number of halogens is 3. The van der Waals surface area contributed by atoms with Crippen LogP contribution in [0.5, 0.6) is 0 Å². The summed E-state index contributed by atoms with van der Waals surface area (Å²) in [6.45, 7) is 1.53. The van der Waals surface area contributed by atoms with E-state index < -0.39 is 15.8 Å². The summed E-state index contributed by atoms with van der Waals surface area (Å²) in [4.78, 5) is 1.74. The number of hydrogen-bond acceptors (Lipinski definition) is 3. The lowest BCUT2D eigenvalue weighted by Gasteiger charge is -2.35. The van der Waals surface area contributed by atoms with E-state index in [2.05, 4.69) is 0 Å². The first-order valence-electron chi connectivity index (χ1n) is 7.34. The molecule has 1 fully saturated rings. The highest BCUT2D eigenvalue weighted by atomic mass is 35.5. The van der Waals surface area contributed by atoms with Crippen molar-refractivity contribution in [1.82, 2.24) is 4.31 Å². The highest BCUT2D eigenvalue weighted by Gasteiger charge is 2.30. The Morgan fingerprint density at radius 3 is 2.21 bits per heavy atom. The zero-order valence-corrected chi connectivity index (χ0v) is 15.0. The molecule has 0 atom stereocenters. The Bertz CT molecular complexity index is 853. The average molecular weight is 389 g/mol. The summed E-state index contributed by atoms with van der Waals surface area (Å²) in [5.41, 5.74) is 0.882. The topological polar surface area (TPSA) is 40.6 Å². The number of anilines is 1. The molecule has 3 rings (SSSR count). The van der Waals surface area contributed by atoms with Gasteiger partial charge >= 0.3 is 0 Å². The first kappa shape index (κ1) is 17.5. The molecular formula is C16H15Cl2FN2O2S. The largest absolute Gasteiger partial charge is 0.369 e. The van der Waals surface area contributed by atoms with E-state index in [-0.39, 0.29) is 18.0 Å². The standard InChI is InChI=1S/C16H15Cl2FN2O2S/c17-13-6-5-12(11-14(13)18)20-7-9-21(10-8-20)24(22,23)16-4-2-1-3-15(16)19/h1-6,11H,7-10H2. The summed E-state index contributed by atoms with van der Waals surface area (Å²) >= 11 is 11.9. The fourth-order valence-electron chi connectivity index (χ4n) is 2.66. The molecule has 0 amide bonds. The molecule has 1 saturated heterocycles. The predicted octanol–water partition coefficient (Wildman–Crippen LogP) is 3.64. The van der Waals surface area contributed by atoms with Crippen LogP contribution in [0.25, 0.3) is 0 Å². The van der Waals surface area contributed by atoms with E-state index in [0.717, 1.165) is 11.8 Å². The van der Waals surface area contributed by atoms with Gasteiger partial charge in [-0.3, -0.25) is 0 Å². The third-order valence-electron chi connectivity index (χ3n) is 3.96. The van der Waals surface area contributed by atoms with Gasteiger partial charge in [-0.05, 0) is 30.3 Å². The summed E-state index contributed by atoms with van der Waals surface area (Å²) < 4.78 is 40.3. The third-order valence-corrected chi connectivity index (χ3v) is 6.63. The summed E-state index contributed by atoms with van der Waals surface area (Å²) in [6.07, 6.45) is 0. The van der Waals surface area contributed by atoms with Crippen LogP contribution < -0.4 is 4.90 Å². The second-order valence-electron chi connectivity index (χ2n) is 5.42. The van der Waals surface area contributed by atoms with Gasteiger partial charge in [-0.1, -0.05) is 35.3 Å². The van der Waals surface area contributed by atoms with E-state index >= 15 is 0 Å². The number of hydrogen-bond donors (Lipinski definition) is 0. The second-order valence-corrected chi connectivity index (χ2v) is 8.14. The Morgan fingerprint density at radius 2 is 1.58 bits per heavy atom. The van der Waals surface area contributed by atoms with Crippen LogP contribution in [0.1, 0.15) is 0 Å². The van der Waals surface area contributed by atoms with Crippen LogP contribution >= 0.6 is 23.2 Å². The Morgan fingerprint density at radius 1 is 0.917 bits per heavy atom. The van der Waals surface area contributed by atoms with Crippen LogP contribution in [0.15, 0.2) is 47.4 Å². The molecule has 128 valence electrons. The van der Waals surface area contributed by atoms with Crippen molar-refractivity contribution in [3.05, 3.63) is 58.3 Å². The van der Waals surface area contributed by atoms with Gasteiger partial charge in [-0.15, -0.1) is 0 Å². The first-order chi connectivity index (χ1) is 11.4. The molecule has 1 aliphatic heterocycles. The van der Waals surface area contributed by atoms with Gasteiger partial charge in [0.25, 0.3) is 0 Å². The lowest BCUT2D eigenvalue weighted by atomic mass is 10.2. The molecule has 0 radical (unpaired) electrons. The van der Waals surface area contributed by atoms with Crippen molar-refractivity contribution in [2.75, 3.05) is 31.1 Å². The summed E-state index contributed by atoms with van der Waals surface area (Å²) in [5.74, 6) is -0.732. The Balaban J connectivity index is 1.75. The molecule has 4 nitrogen and oxygen atoms in total. The molecule has 0 unspecified atom stereocenters. The molecule has 2 aromatic rings. The average Bonchev–Trinajstić information content (AvgIpc) is 2.58. The molecule has 1 aliphatic rings. The second kappa shape index (κ2) is 6.88. The van der Waals surface area contributed by atoms with Gasteiger partial charge in [0.1, 0.15) is 10.7 Å². The summed E-state index contributed by atoms with van der Waals surface area (Å²) in [7, 11) is -3.83. The van der Waals surface area contributed by atoms with Crippen LogP contribution in [0.3, 0.4) is 0 Å². The SMILES string of the molecule is O=S(=O)(c1ccccc1F)N1CCN(c2ccc(Cl)c(Cl)c2)CC1. The van der Waals surface area contributed by atoms with Crippen molar-refractivity contribution in [2.24, 2.45) is 0 Å². The van der Waals surface area contributed by atoms with Gasteiger partial charge in [0.15, 0.2) is 0 Å². The van der Waals surface area contributed by atoms with Crippen molar-refractivity contribution in [1.29, 1.82) is 0 Å². The summed E-state index contributed by atoms with van der Waals surface area (Å²) in [5, 5.41) is 0.928. The quantitative estimate of drug-likeness (QED) is 0.805. The zero-order valence-electron chi connectivity index (χ0n) is 12.6. The minimum absolute atomic E-state index is 0.275. The highest BCUT2D eigenvalue weighted by molar-refractivity contribution is 7.89. The number of rotatable bonds is 3. The van der Waals surface area contributed by atoms with Crippen LogP contribution in [0.2, 0.25) is 10.0 Å². The van der Waals surface area contributed by atoms with E-state index in [4.69, 9.17) is 23.2 Å². The minimum atomic E-state index is -3.83. The van der Waals surface area contributed by atoms with Gasteiger partial charge in [0.2, 0.25) is 10.0 Å². The first-order valence-corrected chi connectivity index (χ1v) is 9.54. The van der Waals surface area contributed by atoms with Crippen molar-refractivity contribution < 1.29 is 12.8 Å². The molecular weight excluding hydrogens is 374 g/mol. The minimum Gasteiger partial charge on any atom is -0.369 e. The highest BCUT2D eigenvalue weighted by Crippen LogP contribution is 2.28. The Hall–Kier alpha value is -1.34. The summed E-state index contributed by atoms with van der Waals surface area (Å²) in [6, 6.07) is 10.7. The van der Waals surface area contributed by atoms with Crippen LogP contribution in [-0.2, 0) is 10.0 Å². The van der Waals surface area contributed by atoms with E-state index in [1.165, 1.54) is 22.5 Å². The maximum Gasteiger partial charge on any atom is 0.246 e. The zero-order chi connectivity index (χ0) is 17.3. The van der Waals surface area contributed by atoms with E-state index in [9.17, 15) is 12.8 Å². The number of nitrogens with zero attached hydrogens (tertiary/aromatic N) is 2. The lowest BCUT2D eigenvalue weighted by molar-refractivity contribution is 0.382. The van der Waals surface area contributed by atoms with E-state index in [1.54, 1.807) is 12.1 Å². The Kier molecular flexibility index (Phi) is 5.01. The smallest absolute Gasteiger partial charge is 0.246 e. The third kappa shape index (κ3) is 3.37. The molecule has 8 heteroatoms. The fourth-order valence-corrected chi connectivity index (χ4v) is 4.44. The van der Waals surface area contributed by atoms with Crippen molar-refractivity contribution in [3.8, 4) is 0 Å². The molecule has 0 spiro atoms. The van der Waals surface area contributed by atoms with Crippen molar-refractivity contribution >= 4 is 38.9 Å². The molecule has 0 aliphatic carbocycles. The van der Waals surface area contributed by atoms with Crippen LogP contribution in [0, 0.1) is 5.82 Å². The van der Waals surface area contributed by atoms with Crippen molar-refractivity contribution in [2.45, 2.75) is 4.90 Å². The maximum atomic E-state index is 13.8. The van der Waals surface area contributed by atoms with Crippen LogP contribution in [-0.4, -0.2) is 38.9 Å². The van der Waals surface area contributed by atoms with Gasteiger partial charge in [0.05, 0.1) is 10.0 Å². The number of sulfonamides is 1. The van der Waals surface area contributed by atoms with Gasteiger partial charge in [-0.25, -0.2) is 12.8 Å². The monoisotopic (exact) mass is 388 g/mol. The molecule has 0 saturated carbocycles. The van der Waals surface area contributed by atoms with Gasteiger partial charge in [0, 0.05) is 31.9 Å². The molecule has 0 bridgehead atoms. The fraction of sp³-hybridized carbons (Fsp3) is 0.250. The Labute approximate surface area is 150 Å². The maximum absolute atomic E-state index is 13.8. The normalized spacial score (nSPS) is 16.4. The van der Waals surface area contributed by atoms with Gasteiger partial charge in [-0.2, -0.15) is 4.31 Å². The van der Waals surface area contributed by atoms with Gasteiger partial charge < -0.3 is 4.90 Å². The van der Waals surface area contributed by atoms with Crippen molar-refractivity contribution in [3.63, 3.8) is 0 Å². The van der Waals surface area contributed by atoms with E-state index in [0.29, 0.717) is 23.1 Å². The molecule has 1 heterocycles. The predicted molar refractivity (Wildman–Crippen MR) is 93.8 cm³/mol.